The Bertz CT molecular complexity index is 1040. The van der Waals surface area contributed by atoms with Gasteiger partial charge in [0.15, 0.2) is 5.69 Å². The highest BCUT2D eigenvalue weighted by molar-refractivity contribution is 5.92. The van der Waals surface area contributed by atoms with Gasteiger partial charge in [0.05, 0.1) is 17.6 Å². The zero-order chi connectivity index (χ0) is 20.4. The van der Waals surface area contributed by atoms with E-state index in [1.54, 1.807) is 24.3 Å². The number of amides is 1. The molecule has 1 aromatic carbocycles. The maximum Gasteiger partial charge on any atom is 0.358 e. The van der Waals surface area contributed by atoms with Crippen molar-refractivity contribution in [1.82, 2.24) is 24.8 Å². The first-order valence-electron chi connectivity index (χ1n) is 8.82. The predicted molar refractivity (Wildman–Crippen MR) is 102 cm³/mol. The molecule has 0 bridgehead atoms. The quantitative estimate of drug-likeness (QED) is 0.675. The lowest BCUT2D eigenvalue weighted by Gasteiger charge is -2.13. The predicted octanol–water partition coefficient (Wildman–Crippen LogP) is 2.13. The van der Waals surface area contributed by atoms with E-state index < -0.39 is 5.97 Å². The molecule has 9 heteroatoms. The van der Waals surface area contributed by atoms with Gasteiger partial charge in [-0.1, -0.05) is 18.2 Å². The lowest BCUT2D eigenvalue weighted by atomic mass is 9.99. The third kappa shape index (κ3) is 3.93. The summed E-state index contributed by atoms with van der Waals surface area (Å²) in [5.41, 5.74) is 4.13. The van der Waals surface area contributed by atoms with Gasteiger partial charge in [0.25, 0.3) is 0 Å². The van der Waals surface area contributed by atoms with Gasteiger partial charge in [-0.05, 0) is 44.0 Å². The fraction of sp³-hybridized carbons (Fsp3) is 0.316. The first kappa shape index (κ1) is 19.3. The minimum Gasteiger partial charge on any atom is -0.476 e. The van der Waals surface area contributed by atoms with E-state index >= 15 is 0 Å². The first-order valence-corrected chi connectivity index (χ1v) is 8.82. The summed E-state index contributed by atoms with van der Waals surface area (Å²) < 4.78 is 3.17. The second kappa shape index (κ2) is 7.63. The molecule has 0 spiro atoms. The molecule has 1 amide bonds. The van der Waals surface area contributed by atoms with Crippen molar-refractivity contribution in [2.45, 2.75) is 27.2 Å². The van der Waals surface area contributed by atoms with Crippen LogP contribution in [0, 0.1) is 19.8 Å². The molecule has 0 saturated heterocycles. The molecule has 2 aromatic heterocycles. The molecular weight excluding hydrogens is 360 g/mol. The van der Waals surface area contributed by atoms with Crippen molar-refractivity contribution < 1.29 is 14.7 Å². The van der Waals surface area contributed by atoms with E-state index in [4.69, 9.17) is 5.11 Å². The van der Waals surface area contributed by atoms with E-state index in [-0.39, 0.29) is 17.5 Å². The number of hydrogen-bond donors (Lipinski definition) is 2. The van der Waals surface area contributed by atoms with Crippen LogP contribution in [0.4, 0.5) is 5.69 Å². The zero-order valence-electron chi connectivity index (χ0n) is 16.2. The number of aromatic carboxylic acids is 1. The largest absolute Gasteiger partial charge is 0.476 e. The van der Waals surface area contributed by atoms with E-state index in [9.17, 15) is 9.59 Å². The van der Waals surface area contributed by atoms with Gasteiger partial charge < -0.3 is 10.4 Å². The van der Waals surface area contributed by atoms with Crippen LogP contribution in [0.5, 0.6) is 0 Å². The number of aryl methyl sites for hydroxylation is 2. The van der Waals surface area contributed by atoms with Gasteiger partial charge in [0, 0.05) is 24.3 Å². The highest BCUT2D eigenvalue weighted by Crippen LogP contribution is 2.19. The van der Waals surface area contributed by atoms with Crippen LogP contribution < -0.4 is 5.32 Å². The number of rotatable bonds is 6. The number of nitrogens with zero attached hydrogens (tertiary/aromatic N) is 5. The lowest BCUT2D eigenvalue weighted by Crippen LogP contribution is -2.22. The molecule has 0 aliphatic carbocycles. The minimum absolute atomic E-state index is 0.107. The van der Waals surface area contributed by atoms with Crippen molar-refractivity contribution in [1.29, 1.82) is 0 Å². The number of anilines is 1. The highest BCUT2D eigenvalue weighted by atomic mass is 16.4. The van der Waals surface area contributed by atoms with E-state index in [1.165, 1.54) is 10.9 Å². The Hall–Kier alpha value is -3.49. The summed E-state index contributed by atoms with van der Waals surface area (Å²) in [5.74, 6) is -1.50. The third-order valence-corrected chi connectivity index (χ3v) is 4.71. The van der Waals surface area contributed by atoms with Gasteiger partial charge in [-0.2, -0.15) is 5.10 Å². The van der Waals surface area contributed by atoms with Crippen molar-refractivity contribution in [2.24, 2.45) is 13.0 Å². The summed E-state index contributed by atoms with van der Waals surface area (Å²) >= 11 is 0. The van der Waals surface area contributed by atoms with Crippen LogP contribution in [-0.2, 0) is 18.3 Å². The van der Waals surface area contributed by atoms with E-state index in [1.807, 2.05) is 32.5 Å². The standard InChI is InChI=1S/C19H22N6O3/c1-11(8-16-12(2)22-24(4)13(16)3)18(26)20-14-6-5-7-15(9-14)25-10-17(19(27)28)21-23-25/h5-7,9-11H,8H2,1-4H3,(H,20,26)(H,27,28). The Morgan fingerprint density at radius 1 is 1.29 bits per heavy atom. The molecule has 1 unspecified atom stereocenters. The molecule has 1 atom stereocenters. The van der Waals surface area contributed by atoms with Gasteiger partial charge in [0.1, 0.15) is 0 Å². The third-order valence-electron chi connectivity index (χ3n) is 4.71. The molecule has 3 rings (SSSR count). The van der Waals surface area contributed by atoms with E-state index in [0.29, 0.717) is 17.8 Å². The first-order chi connectivity index (χ1) is 13.3. The van der Waals surface area contributed by atoms with Gasteiger partial charge in [-0.15, -0.1) is 5.10 Å². The van der Waals surface area contributed by atoms with Gasteiger partial charge in [-0.25, -0.2) is 9.48 Å². The summed E-state index contributed by atoms with van der Waals surface area (Å²) in [7, 11) is 1.89. The average Bonchev–Trinajstić information content (AvgIpc) is 3.23. The molecule has 0 aliphatic heterocycles. The number of carbonyl (C=O) groups is 2. The number of aromatic nitrogens is 5. The second-order valence-electron chi connectivity index (χ2n) is 6.77. The van der Waals surface area contributed by atoms with Crippen LogP contribution in [-0.4, -0.2) is 41.8 Å². The molecular formula is C19H22N6O3. The van der Waals surface area contributed by atoms with Crippen LogP contribution in [0.25, 0.3) is 5.69 Å². The molecule has 9 nitrogen and oxygen atoms in total. The van der Waals surface area contributed by atoms with Crippen molar-refractivity contribution in [2.75, 3.05) is 5.32 Å². The number of carbonyl (C=O) groups excluding carboxylic acids is 1. The molecule has 2 N–H and O–H groups in total. The number of nitrogens with one attached hydrogen (secondary N) is 1. The molecule has 0 aliphatic rings. The molecule has 146 valence electrons. The van der Waals surface area contributed by atoms with Crippen molar-refractivity contribution >= 4 is 17.6 Å². The molecule has 0 fully saturated rings. The summed E-state index contributed by atoms with van der Waals surface area (Å²) in [6.07, 6.45) is 1.92. The van der Waals surface area contributed by atoms with Crippen LogP contribution >= 0.6 is 0 Å². The lowest BCUT2D eigenvalue weighted by molar-refractivity contribution is -0.119. The summed E-state index contributed by atoms with van der Waals surface area (Å²) in [4.78, 5) is 23.6. The molecule has 0 saturated carbocycles. The maximum absolute atomic E-state index is 12.6. The minimum atomic E-state index is -1.15. The number of benzene rings is 1. The molecule has 28 heavy (non-hydrogen) atoms. The van der Waals surface area contributed by atoms with Crippen LogP contribution in [0.3, 0.4) is 0 Å². The topological polar surface area (TPSA) is 115 Å². The van der Waals surface area contributed by atoms with Crippen molar-refractivity contribution in [3.63, 3.8) is 0 Å². The Morgan fingerprint density at radius 3 is 2.64 bits per heavy atom. The van der Waals surface area contributed by atoms with Crippen molar-refractivity contribution in [3.8, 4) is 5.69 Å². The van der Waals surface area contributed by atoms with E-state index in [0.717, 1.165) is 17.0 Å². The van der Waals surface area contributed by atoms with Crippen LogP contribution in [0.15, 0.2) is 30.5 Å². The Morgan fingerprint density at radius 2 is 2.04 bits per heavy atom. The van der Waals surface area contributed by atoms with E-state index in [2.05, 4.69) is 20.7 Å². The Labute approximate surface area is 162 Å². The summed E-state index contributed by atoms with van der Waals surface area (Å²) in [5, 5.41) is 23.7. The normalized spacial score (nSPS) is 12.0. The average molecular weight is 382 g/mol. The Balaban J connectivity index is 1.72. The van der Waals surface area contributed by atoms with Gasteiger partial charge in [0.2, 0.25) is 5.91 Å². The summed E-state index contributed by atoms with van der Waals surface area (Å²) in [6.45, 7) is 5.81. The summed E-state index contributed by atoms with van der Waals surface area (Å²) in [6, 6.07) is 6.99. The van der Waals surface area contributed by atoms with Gasteiger partial charge >= 0.3 is 5.97 Å². The monoisotopic (exact) mass is 382 g/mol. The number of hydrogen-bond acceptors (Lipinski definition) is 5. The SMILES string of the molecule is Cc1nn(C)c(C)c1CC(C)C(=O)Nc1cccc(-n2cc(C(=O)O)nn2)c1. The fourth-order valence-corrected chi connectivity index (χ4v) is 2.99. The highest BCUT2D eigenvalue weighted by Gasteiger charge is 2.19. The molecule has 0 radical (unpaired) electrons. The van der Waals surface area contributed by atoms with Crippen LogP contribution in [0.2, 0.25) is 0 Å². The zero-order valence-corrected chi connectivity index (χ0v) is 16.2. The Kier molecular flexibility index (Phi) is 5.25. The number of carboxylic acid groups (broad SMARTS) is 1. The fourth-order valence-electron chi connectivity index (χ4n) is 2.99. The van der Waals surface area contributed by atoms with Crippen LogP contribution in [0.1, 0.15) is 34.4 Å². The van der Waals surface area contributed by atoms with Gasteiger partial charge in [-0.3, -0.25) is 9.48 Å². The smallest absolute Gasteiger partial charge is 0.358 e. The molecule has 2 heterocycles. The number of carboxylic acids is 1. The maximum atomic E-state index is 12.6. The van der Waals surface area contributed by atoms with Crippen molar-refractivity contribution in [3.05, 3.63) is 53.1 Å². The second-order valence-corrected chi connectivity index (χ2v) is 6.77. The molecule has 3 aromatic rings.